The molecule has 0 bridgehead atoms. The van der Waals surface area contributed by atoms with Crippen LogP contribution in [0, 0.1) is 19.2 Å². The molecule has 0 radical (unpaired) electrons. The number of rotatable bonds is 5. The van der Waals surface area contributed by atoms with Crippen molar-refractivity contribution in [3.63, 3.8) is 0 Å². The number of aryl methyl sites for hydroxylation is 3. The Morgan fingerprint density at radius 1 is 0.935 bits per heavy atom. The normalized spacial score (nSPS) is 17.0. The summed E-state index contributed by atoms with van der Waals surface area (Å²) in [5.41, 5.74) is 3.84. The van der Waals surface area contributed by atoms with E-state index in [1.165, 1.54) is 0 Å². The predicted octanol–water partition coefficient (Wildman–Crippen LogP) is 7.47. The lowest BCUT2D eigenvalue weighted by atomic mass is 9.86. The SMILES string of the molecule is [2H]C([2H])([2H])c1cc(C)c(-c2cc(C([2H])([2H])C(C)(C)C)c(C([2H])([2H])[Si](C)(C)C)c[n+]2C)cc1-c1ccccc1. The molecule has 2 aromatic carbocycles. The maximum absolute atomic E-state index is 9.15. The van der Waals surface area contributed by atoms with E-state index in [0.29, 0.717) is 22.4 Å². The molecule has 0 aliphatic heterocycles. The molecule has 3 aromatic rings. The van der Waals surface area contributed by atoms with E-state index in [-0.39, 0.29) is 5.56 Å². The van der Waals surface area contributed by atoms with Gasteiger partial charge >= 0.3 is 0 Å². The van der Waals surface area contributed by atoms with E-state index in [1.54, 1.807) is 18.3 Å². The second-order valence-electron chi connectivity index (χ2n) is 10.4. The highest BCUT2D eigenvalue weighted by molar-refractivity contribution is 6.75. The summed E-state index contributed by atoms with van der Waals surface area (Å²) in [5.74, 6) is -1.67. The summed E-state index contributed by atoms with van der Waals surface area (Å²) in [4.78, 5) is 0. The summed E-state index contributed by atoms with van der Waals surface area (Å²) in [6.45, 7) is 10.9. The molecule has 0 aliphatic carbocycles. The topological polar surface area (TPSA) is 3.88 Å². The second-order valence-corrected chi connectivity index (χ2v) is 15.2. The summed E-state index contributed by atoms with van der Waals surface area (Å²) in [6.07, 6.45) is -0.0844. The van der Waals surface area contributed by atoms with Crippen LogP contribution < -0.4 is 4.57 Å². The summed E-state index contributed by atoms with van der Waals surface area (Å²) in [7, 11) is -0.574. The molecule has 1 heterocycles. The third-order valence-electron chi connectivity index (χ3n) is 5.02. The van der Waals surface area contributed by atoms with Gasteiger partial charge in [0, 0.05) is 34.9 Å². The first-order chi connectivity index (χ1) is 17.1. The molecule has 164 valence electrons. The summed E-state index contributed by atoms with van der Waals surface area (Å²) in [5, 5.41) is 0. The molecule has 2 heteroatoms. The minimum absolute atomic E-state index is 0.268. The van der Waals surface area contributed by atoms with Crippen LogP contribution in [-0.4, -0.2) is 8.07 Å². The van der Waals surface area contributed by atoms with Gasteiger partial charge in [-0.2, -0.15) is 0 Å². The molecule has 0 aliphatic rings. The highest BCUT2D eigenvalue weighted by Gasteiger charge is 2.25. The second kappa shape index (κ2) is 8.74. The van der Waals surface area contributed by atoms with Crippen molar-refractivity contribution >= 4 is 8.07 Å². The van der Waals surface area contributed by atoms with Gasteiger partial charge in [0.25, 0.3) is 0 Å². The first-order valence-electron chi connectivity index (χ1n) is 14.4. The van der Waals surface area contributed by atoms with Crippen LogP contribution in [0.15, 0.2) is 54.7 Å². The number of hydrogen-bond donors (Lipinski definition) is 0. The number of benzene rings is 2. The average Bonchev–Trinajstić information content (AvgIpc) is 2.77. The van der Waals surface area contributed by atoms with Gasteiger partial charge in [-0.25, -0.2) is 4.57 Å². The minimum atomic E-state index is -2.42. The Kier molecular flexibility index (Phi) is 4.40. The Balaban J connectivity index is 2.44. The van der Waals surface area contributed by atoms with Crippen LogP contribution in [0.3, 0.4) is 0 Å². The smallest absolute Gasteiger partial charge is 0.201 e. The van der Waals surface area contributed by atoms with Crippen LogP contribution in [0.4, 0.5) is 0 Å². The molecule has 0 N–H and O–H groups in total. The molecule has 0 saturated heterocycles. The Morgan fingerprint density at radius 2 is 1.61 bits per heavy atom. The maximum Gasteiger partial charge on any atom is 0.212 e. The van der Waals surface area contributed by atoms with Crippen molar-refractivity contribution in [2.24, 2.45) is 12.5 Å². The van der Waals surface area contributed by atoms with E-state index in [9.17, 15) is 0 Å². The molecule has 0 saturated carbocycles. The molecule has 1 aromatic heterocycles. The Labute approximate surface area is 201 Å². The average molecular weight is 438 g/mol. The Morgan fingerprint density at radius 3 is 2.19 bits per heavy atom. The monoisotopic (exact) mass is 437 g/mol. The molecular formula is C29H40NSi+. The highest BCUT2D eigenvalue weighted by Crippen LogP contribution is 2.33. The van der Waals surface area contributed by atoms with Crippen molar-refractivity contribution in [3.05, 3.63) is 77.0 Å². The van der Waals surface area contributed by atoms with E-state index < -0.39 is 32.7 Å². The van der Waals surface area contributed by atoms with E-state index in [0.717, 1.165) is 16.7 Å². The van der Waals surface area contributed by atoms with Crippen molar-refractivity contribution in [2.75, 3.05) is 0 Å². The maximum atomic E-state index is 9.15. The number of aromatic nitrogens is 1. The van der Waals surface area contributed by atoms with Crippen LogP contribution >= 0.6 is 0 Å². The van der Waals surface area contributed by atoms with Crippen molar-refractivity contribution in [1.82, 2.24) is 0 Å². The van der Waals surface area contributed by atoms with Gasteiger partial charge in [0.15, 0.2) is 6.20 Å². The fourth-order valence-corrected chi connectivity index (χ4v) is 4.78. The van der Waals surface area contributed by atoms with Crippen LogP contribution in [-0.2, 0) is 19.4 Å². The Bertz CT molecular complexity index is 1330. The lowest BCUT2D eigenvalue weighted by Gasteiger charge is -2.23. The van der Waals surface area contributed by atoms with E-state index in [2.05, 4.69) is 0 Å². The zero-order valence-electron chi connectivity index (χ0n) is 27.1. The summed E-state index contributed by atoms with van der Waals surface area (Å²) < 4.78 is 62.8. The largest absolute Gasteiger partial charge is 0.212 e. The van der Waals surface area contributed by atoms with E-state index in [1.807, 2.05) is 95.3 Å². The molecule has 0 unspecified atom stereocenters. The van der Waals surface area contributed by atoms with Gasteiger partial charge in [-0.15, -0.1) is 0 Å². The van der Waals surface area contributed by atoms with Crippen molar-refractivity contribution in [2.45, 2.75) is 66.6 Å². The summed E-state index contributed by atoms with van der Waals surface area (Å²) >= 11 is 0. The summed E-state index contributed by atoms with van der Waals surface area (Å²) in [6, 6.07) is 14.8. The van der Waals surface area contributed by atoms with Crippen LogP contribution in [0.2, 0.25) is 19.6 Å². The predicted molar refractivity (Wildman–Crippen MR) is 138 cm³/mol. The van der Waals surface area contributed by atoms with Gasteiger partial charge in [-0.1, -0.05) is 76.8 Å². The van der Waals surface area contributed by atoms with Crippen LogP contribution in [0.25, 0.3) is 22.4 Å². The Hall–Kier alpha value is -2.19. The van der Waals surface area contributed by atoms with Crippen molar-refractivity contribution < 1.29 is 14.2 Å². The first kappa shape index (κ1) is 15.6. The molecule has 0 atom stereocenters. The van der Waals surface area contributed by atoms with Gasteiger partial charge in [-0.05, 0) is 65.4 Å². The number of hydrogen-bond acceptors (Lipinski definition) is 0. The quantitative estimate of drug-likeness (QED) is 0.288. The molecule has 1 nitrogen and oxygen atoms in total. The van der Waals surface area contributed by atoms with Crippen molar-refractivity contribution in [1.29, 1.82) is 0 Å². The van der Waals surface area contributed by atoms with Gasteiger partial charge in [0.2, 0.25) is 5.69 Å². The fourth-order valence-electron chi connectivity index (χ4n) is 3.77. The standard InChI is InChI=1S/C29H40NSi/c1-21-15-22(2)27(17-26(21)23-13-11-10-12-14-23)28-16-24(18-29(3,4)5)25(19-30(28)6)20-31(7,8)9/h10-17,19H,18,20H2,1-9H3/q+1/i1D3,18D2,20D2. The number of pyridine rings is 1. The van der Waals surface area contributed by atoms with Crippen LogP contribution in [0.5, 0.6) is 0 Å². The van der Waals surface area contributed by atoms with E-state index in [4.69, 9.17) is 9.60 Å². The number of nitrogens with zero attached hydrogens (tertiary/aromatic N) is 1. The van der Waals surface area contributed by atoms with E-state index >= 15 is 0 Å². The van der Waals surface area contributed by atoms with Gasteiger partial charge in [-0.3, -0.25) is 0 Å². The third kappa shape index (κ3) is 5.95. The van der Waals surface area contributed by atoms with Crippen LogP contribution in [0.1, 0.15) is 52.6 Å². The zero-order chi connectivity index (χ0) is 29.1. The molecular weight excluding hydrogens is 390 g/mol. The third-order valence-corrected chi connectivity index (χ3v) is 6.04. The lowest BCUT2D eigenvalue weighted by Crippen LogP contribution is -2.35. The zero-order valence-corrected chi connectivity index (χ0v) is 21.1. The molecule has 3 rings (SSSR count). The highest BCUT2D eigenvalue weighted by atomic mass is 28.3. The first-order valence-corrected chi connectivity index (χ1v) is 14.4. The molecule has 0 amide bonds. The van der Waals surface area contributed by atoms with Crippen molar-refractivity contribution in [3.8, 4) is 22.4 Å². The van der Waals surface area contributed by atoms with Gasteiger partial charge in [0.1, 0.15) is 7.05 Å². The minimum Gasteiger partial charge on any atom is -0.201 e. The molecule has 0 spiro atoms. The molecule has 31 heavy (non-hydrogen) atoms. The fraction of sp³-hybridized carbons (Fsp3) is 0.414. The van der Waals surface area contributed by atoms with Gasteiger partial charge in [0.05, 0.1) is 0 Å². The lowest BCUT2D eigenvalue weighted by molar-refractivity contribution is -0.660. The van der Waals surface area contributed by atoms with Gasteiger partial charge < -0.3 is 0 Å². The molecule has 0 fully saturated rings.